The van der Waals surface area contributed by atoms with Gasteiger partial charge in [0.15, 0.2) is 0 Å². The second kappa shape index (κ2) is 6.62. The van der Waals surface area contributed by atoms with Gasteiger partial charge in [0.25, 0.3) is 17.7 Å². The lowest BCUT2D eigenvalue weighted by molar-refractivity contribution is -0.142. The van der Waals surface area contributed by atoms with E-state index in [1.54, 1.807) is 18.2 Å². The largest absolute Gasteiger partial charge is 0.272 e. The molecule has 7 rings (SSSR count). The van der Waals surface area contributed by atoms with Crippen LogP contribution in [0.3, 0.4) is 0 Å². The summed E-state index contributed by atoms with van der Waals surface area (Å²) in [4.78, 5) is 39.7. The molecule has 152 valence electrons. The Hall–Kier alpha value is -3.25. The number of hydrogen-bond acceptors (Lipinski definition) is 3. The van der Waals surface area contributed by atoms with E-state index < -0.39 is 17.7 Å². The van der Waals surface area contributed by atoms with Gasteiger partial charge < -0.3 is 0 Å². The molecule has 6 heteroatoms. The molecule has 3 amide bonds. The number of nitrogens with zero attached hydrogens (tertiary/aromatic N) is 1. The molecule has 4 aliphatic rings. The lowest BCUT2D eigenvalue weighted by Gasteiger charge is -2.45. The molecule has 0 radical (unpaired) electrons. The quantitative estimate of drug-likeness (QED) is 0.573. The zero-order valence-corrected chi connectivity index (χ0v) is 17.9. The Morgan fingerprint density at radius 3 is 1.68 bits per heavy atom. The summed E-state index contributed by atoms with van der Waals surface area (Å²) in [6.07, 6.45) is 0. The van der Waals surface area contributed by atoms with Crippen LogP contribution in [0.5, 0.6) is 0 Å². The molecule has 2 atom stereocenters. The second-order valence-electron chi connectivity index (χ2n) is 8.23. The number of imide groups is 1. The Morgan fingerprint density at radius 1 is 0.742 bits per heavy atom. The smallest absolute Gasteiger partial charge is 0.270 e. The van der Waals surface area contributed by atoms with Crippen molar-refractivity contribution in [2.75, 3.05) is 0 Å². The third-order valence-corrected chi connectivity index (χ3v) is 7.24. The van der Waals surface area contributed by atoms with E-state index in [4.69, 9.17) is 0 Å². The van der Waals surface area contributed by atoms with E-state index >= 15 is 0 Å². The Labute approximate surface area is 187 Å². The van der Waals surface area contributed by atoms with Gasteiger partial charge >= 0.3 is 0 Å². The molecule has 0 saturated carbocycles. The summed E-state index contributed by atoms with van der Waals surface area (Å²) in [5.41, 5.74) is 7.37. The SMILES string of the molecule is O=C(NN1C(=O)C2C3c4ccccc4C(c4ccccc43)C2C1=O)c1cccc(Br)c1. The van der Waals surface area contributed by atoms with Crippen LogP contribution in [0.25, 0.3) is 0 Å². The van der Waals surface area contributed by atoms with Crippen LogP contribution in [0.15, 0.2) is 77.3 Å². The molecule has 1 N–H and O–H groups in total. The lowest BCUT2D eigenvalue weighted by atomic mass is 9.55. The summed E-state index contributed by atoms with van der Waals surface area (Å²) in [7, 11) is 0. The summed E-state index contributed by atoms with van der Waals surface area (Å²) in [6, 6.07) is 23.0. The molecule has 0 aromatic heterocycles. The summed E-state index contributed by atoms with van der Waals surface area (Å²) in [5, 5.41) is 0.955. The highest BCUT2D eigenvalue weighted by atomic mass is 79.9. The molecule has 2 unspecified atom stereocenters. The third kappa shape index (κ3) is 2.51. The zero-order chi connectivity index (χ0) is 21.3. The highest BCUT2D eigenvalue weighted by molar-refractivity contribution is 9.10. The third-order valence-electron chi connectivity index (χ3n) is 6.75. The topological polar surface area (TPSA) is 66.5 Å². The van der Waals surface area contributed by atoms with E-state index in [-0.39, 0.29) is 23.7 Å². The van der Waals surface area contributed by atoms with Crippen LogP contribution in [0.2, 0.25) is 0 Å². The minimum atomic E-state index is -0.509. The zero-order valence-electron chi connectivity index (χ0n) is 16.3. The van der Waals surface area contributed by atoms with Gasteiger partial charge in [-0.2, -0.15) is 5.01 Å². The molecular formula is C25H17BrN2O3. The number of nitrogens with one attached hydrogen (secondary N) is 1. The molecule has 1 aliphatic heterocycles. The molecule has 1 saturated heterocycles. The maximum atomic E-state index is 13.5. The van der Waals surface area contributed by atoms with Crippen LogP contribution in [-0.2, 0) is 9.59 Å². The number of carbonyl (C=O) groups is 3. The van der Waals surface area contributed by atoms with Crippen molar-refractivity contribution in [2.45, 2.75) is 11.8 Å². The van der Waals surface area contributed by atoms with Gasteiger partial charge in [-0.3, -0.25) is 19.8 Å². The maximum absolute atomic E-state index is 13.5. The number of benzene rings is 3. The van der Waals surface area contributed by atoms with Crippen molar-refractivity contribution in [3.63, 3.8) is 0 Å². The number of amides is 3. The van der Waals surface area contributed by atoms with Gasteiger partial charge in [-0.25, -0.2) is 0 Å². The van der Waals surface area contributed by atoms with Gasteiger partial charge in [0.2, 0.25) is 0 Å². The van der Waals surface area contributed by atoms with E-state index in [0.29, 0.717) is 5.56 Å². The molecule has 1 heterocycles. The average molecular weight is 473 g/mol. The first-order valence-electron chi connectivity index (χ1n) is 10.2. The van der Waals surface area contributed by atoms with Crippen molar-refractivity contribution >= 4 is 33.7 Å². The number of carbonyl (C=O) groups excluding carboxylic acids is 3. The Kier molecular flexibility index (Phi) is 3.96. The molecule has 3 aromatic rings. The van der Waals surface area contributed by atoms with Crippen molar-refractivity contribution in [3.8, 4) is 0 Å². The number of hydrogen-bond donors (Lipinski definition) is 1. The highest BCUT2D eigenvalue weighted by Gasteiger charge is 2.62. The van der Waals surface area contributed by atoms with Crippen LogP contribution >= 0.6 is 15.9 Å². The molecule has 5 nitrogen and oxygen atoms in total. The van der Waals surface area contributed by atoms with Crippen molar-refractivity contribution in [1.29, 1.82) is 0 Å². The first-order valence-corrected chi connectivity index (χ1v) is 11.0. The fraction of sp³-hybridized carbons (Fsp3) is 0.160. The van der Waals surface area contributed by atoms with Gasteiger partial charge in [-0.1, -0.05) is 70.5 Å². The summed E-state index contributed by atoms with van der Waals surface area (Å²) < 4.78 is 0.747. The molecule has 3 aliphatic carbocycles. The minimum Gasteiger partial charge on any atom is -0.272 e. The van der Waals surface area contributed by atoms with Gasteiger partial charge in [0.05, 0.1) is 11.8 Å². The van der Waals surface area contributed by atoms with Crippen LogP contribution in [0.4, 0.5) is 0 Å². The first-order chi connectivity index (χ1) is 15.1. The highest BCUT2D eigenvalue weighted by Crippen LogP contribution is 2.60. The summed E-state index contributed by atoms with van der Waals surface area (Å²) in [5.74, 6) is -2.55. The van der Waals surface area contributed by atoms with Crippen molar-refractivity contribution in [1.82, 2.24) is 10.4 Å². The van der Waals surface area contributed by atoms with E-state index in [1.807, 2.05) is 30.3 Å². The minimum absolute atomic E-state index is 0.188. The maximum Gasteiger partial charge on any atom is 0.270 e. The Morgan fingerprint density at radius 2 is 1.23 bits per heavy atom. The number of rotatable bonds is 2. The molecular weight excluding hydrogens is 456 g/mol. The monoisotopic (exact) mass is 472 g/mol. The predicted molar refractivity (Wildman–Crippen MR) is 117 cm³/mol. The fourth-order valence-electron chi connectivity index (χ4n) is 5.58. The molecule has 1 fully saturated rings. The van der Waals surface area contributed by atoms with E-state index in [2.05, 4.69) is 45.6 Å². The Bertz CT molecular complexity index is 1170. The fourth-order valence-corrected chi connectivity index (χ4v) is 5.98. The van der Waals surface area contributed by atoms with Crippen LogP contribution < -0.4 is 5.43 Å². The normalized spacial score (nSPS) is 25.1. The van der Waals surface area contributed by atoms with Gasteiger partial charge in [0, 0.05) is 21.9 Å². The lowest BCUT2D eigenvalue weighted by Crippen LogP contribution is -2.46. The van der Waals surface area contributed by atoms with E-state index in [1.165, 1.54) is 0 Å². The summed E-state index contributed by atoms with van der Waals surface area (Å²) >= 11 is 3.35. The van der Waals surface area contributed by atoms with Crippen molar-refractivity contribution in [2.24, 2.45) is 11.8 Å². The van der Waals surface area contributed by atoms with Crippen LogP contribution in [-0.4, -0.2) is 22.7 Å². The molecule has 3 aromatic carbocycles. The van der Waals surface area contributed by atoms with Crippen molar-refractivity contribution < 1.29 is 14.4 Å². The van der Waals surface area contributed by atoms with Crippen LogP contribution in [0, 0.1) is 11.8 Å². The van der Waals surface area contributed by atoms with Gasteiger partial charge in [-0.05, 0) is 40.5 Å². The standard InChI is InChI=1S/C25H17BrN2O3/c26-14-7-5-6-13(12-14)23(29)27-28-24(30)21-19-15-8-1-2-9-16(15)20(22(21)25(28)31)18-11-4-3-10-17(18)19/h1-12,19-22H,(H,27,29). The average Bonchev–Trinajstić information content (AvgIpc) is 3.04. The summed E-state index contributed by atoms with van der Waals surface area (Å²) in [6.45, 7) is 0. The van der Waals surface area contributed by atoms with E-state index in [9.17, 15) is 14.4 Å². The van der Waals surface area contributed by atoms with Crippen LogP contribution in [0.1, 0.15) is 44.4 Å². The molecule has 0 spiro atoms. The van der Waals surface area contributed by atoms with E-state index in [0.717, 1.165) is 31.7 Å². The molecule has 2 bridgehead atoms. The number of hydrazine groups is 1. The number of halogens is 1. The van der Waals surface area contributed by atoms with Gasteiger partial charge in [-0.15, -0.1) is 0 Å². The predicted octanol–water partition coefficient (Wildman–Crippen LogP) is 3.99. The van der Waals surface area contributed by atoms with Crippen molar-refractivity contribution in [3.05, 3.63) is 105 Å². The first kappa shape index (κ1) is 18.5. The van der Waals surface area contributed by atoms with Gasteiger partial charge in [0.1, 0.15) is 0 Å². The Balaban J connectivity index is 1.42. The molecule has 31 heavy (non-hydrogen) atoms. The second-order valence-corrected chi connectivity index (χ2v) is 9.14.